The Bertz CT molecular complexity index is 612. The number of aromatic nitrogens is 1. The SMILES string of the molecule is CN1CCN(c2[nH]c3ccccc3c2C(=O)O)CC1. The van der Waals surface area contributed by atoms with Crippen molar-refractivity contribution in [3.05, 3.63) is 29.8 Å². The number of carboxylic acid groups (broad SMARTS) is 1. The molecule has 0 aliphatic carbocycles. The van der Waals surface area contributed by atoms with Crippen molar-refractivity contribution in [3.8, 4) is 0 Å². The maximum absolute atomic E-state index is 11.5. The Hall–Kier alpha value is -2.01. The van der Waals surface area contributed by atoms with Gasteiger partial charge in [-0.2, -0.15) is 0 Å². The number of nitrogens with zero attached hydrogens (tertiary/aromatic N) is 2. The van der Waals surface area contributed by atoms with E-state index in [1.54, 1.807) is 0 Å². The van der Waals surface area contributed by atoms with E-state index in [4.69, 9.17) is 0 Å². The van der Waals surface area contributed by atoms with E-state index in [0.29, 0.717) is 5.56 Å². The summed E-state index contributed by atoms with van der Waals surface area (Å²) in [5, 5.41) is 10.3. The van der Waals surface area contributed by atoms with Crippen LogP contribution in [0.25, 0.3) is 10.9 Å². The van der Waals surface area contributed by atoms with Crippen LogP contribution in [0.4, 0.5) is 5.82 Å². The van der Waals surface area contributed by atoms with Crippen LogP contribution < -0.4 is 4.90 Å². The van der Waals surface area contributed by atoms with Crippen molar-refractivity contribution >= 4 is 22.7 Å². The first-order valence-electron chi connectivity index (χ1n) is 6.44. The number of carboxylic acids is 1. The minimum absolute atomic E-state index is 0.389. The number of aromatic amines is 1. The maximum atomic E-state index is 11.5. The Kier molecular flexibility index (Phi) is 2.91. The van der Waals surface area contributed by atoms with Gasteiger partial charge in [0.1, 0.15) is 11.4 Å². The summed E-state index contributed by atoms with van der Waals surface area (Å²) in [5.74, 6) is -0.131. The lowest BCUT2D eigenvalue weighted by atomic mass is 10.1. The number of rotatable bonds is 2. The molecule has 1 saturated heterocycles. The summed E-state index contributed by atoms with van der Waals surface area (Å²) < 4.78 is 0. The highest BCUT2D eigenvalue weighted by atomic mass is 16.4. The lowest BCUT2D eigenvalue weighted by molar-refractivity contribution is 0.0699. The number of aromatic carboxylic acids is 1. The van der Waals surface area contributed by atoms with Gasteiger partial charge in [0.15, 0.2) is 0 Å². The lowest BCUT2D eigenvalue weighted by Crippen LogP contribution is -2.45. The highest BCUT2D eigenvalue weighted by Crippen LogP contribution is 2.29. The van der Waals surface area contributed by atoms with Crippen molar-refractivity contribution in [2.24, 2.45) is 0 Å². The van der Waals surface area contributed by atoms with E-state index in [-0.39, 0.29) is 0 Å². The fourth-order valence-corrected chi connectivity index (χ4v) is 2.61. The average molecular weight is 259 g/mol. The van der Waals surface area contributed by atoms with Gasteiger partial charge in [0, 0.05) is 37.1 Å². The fraction of sp³-hybridized carbons (Fsp3) is 0.357. The number of nitrogens with one attached hydrogen (secondary N) is 1. The zero-order valence-electron chi connectivity index (χ0n) is 10.9. The third kappa shape index (κ3) is 2.06. The zero-order valence-corrected chi connectivity index (χ0v) is 10.9. The highest BCUT2D eigenvalue weighted by Gasteiger charge is 2.24. The third-order valence-electron chi connectivity index (χ3n) is 3.72. The van der Waals surface area contributed by atoms with Crippen LogP contribution in [0.15, 0.2) is 24.3 Å². The van der Waals surface area contributed by atoms with Crippen LogP contribution >= 0.6 is 0 Å². The van der Waals surface area contributed by atoms with Gasteiger partial charge in [-0.25, -0.2) is 4.79 Å². The van der Waals surface area contributed by atoms with E-state index in [1.807, 2.05) is 24.3 Å². The second kappa shape index (κ2) is 4.59. The second-order valence-electron chi connectivity index (χ2n) is 4.99. The molecule has 1 aromatic carbocycles. The molecule has 0 bridgehead atoms. The lowest BCUT2D eigenvalue weighted by Gasteiger charge is -2.33. The summed E-state index contributed by atoms with van der Waals surface area (Å²) in [7, 11) is 2.08. The van der Waals surface area contributed by atoms with Gasteiger partial charge in [-0.05, 0) is 13.1 Å². The van der Waals surface area contributed by atoms with E-state index in [0.717, 1.165) is 42.9 Å². The van der Waals surface area contributed by atoms with Crippen LogP contribution in [-0.4, -0.2) is 54.2 Å². The normalized spacial score (nSPS) is 17.0. The van der Waals surface area contributed by atoms with E-state index in [9.17, 15) is 9.90 Å². The van der Waals surface area contributed by atoms with Crippen LogP contribution in [0, 0.1) is 0 Å². The largest absolute Gasteiger partial charge is 0.478 e. The third-order valence-corrected chi connectivity index (χ3v) is 3.72. The summed E-state index contributed by atoms with van der Waals surface area (Å²) in [6.07, 6.45) is 0. The molecular weight excluding hydrogens is 242 g/mol. The number of likely N-dealkylation sites (N-methyl/N-ethyl adjacent to an activating group) is 1. The Morgan fingerprint density at radius 3 is 2.58 bits per heavy atom. The minimum atomic E-state index is -0.869. The molecule has 1 fully saturated rings. The predicted octanol–water partition coefficient (Wildman–Crippen LogP) is 1.62. The Balaban J connectivity index is 2.07. The molecule has 2 N–H and O–H groups in total. The van der Waals surface area contributed by atoms with Gasteiger partial charge in [0.25, 0.3) is 0 Å². The molecule has 0 unspecified atom stereocenters. The van der Waals surface area contributed by atoms with Crippen molar-refractivity contribution in [2.45, 2.75) is 0 Å². The van der Waals surface area contributed by atoms with E-state index >= 15 is 0 Å². The van der Waals surface area contributed by atoms with Gasteiger partial charge in [0.05, 0.1) is 0 Å². The van der Waals surface area contributed by atoms with Gasteiger partial charge >= 0.3 is 5.97 Å². The molecule has 2 aromatic rings. The molecule has 0 radical (unpaired) electrons. The first-order chi connectivity index (χ1) is 9.16. The Morgan fingerprint density at radius 2 is 1.89 bits per heavy atom. The summed E-state index contributed by atoms with van der Waals surface area (Å²) in [6.45, 7) is 3.61. The van der Waals surface area contributed by atoms with E-state index < -0.39 is 5.97 Å². The first-order valence-corrected chi connectivity index (χ1v) is 6.44. The van der Waals surface area contributed by atoms with Gasteiger partial charge in [-0.1, -0.05) is 18.2 Å². The van der Waals surface area contributed by atoms with Gasteiger partial charge < -0.3 is 19.9 Å². The molecule has 3 rings (SSSR count). The van der Waals surface area contributed by atoms with Crippen LogP contribution in [0.5, 0.6) is 0 Å². The number of H-pyrrole nitrogens is 1. The molecule has 0 spiro atoms. The van der Waals surface area contributed by atoms with Crippen LogP contribution in [0.2, 0.25) is 0 Å². The van der Waals surface area contributed by atoms with Crippen molar-refractivity contribution < 1.29 is 9.90 Å². The zero-order chi connectivity index (χ0) is 13.4. The summed E-state index contributed by atoms with van der Waals surface area (Å²) in [6, 6.07) is 7.56. The molecule has 1 aliphatic rings. The molecule has 19 heavy (non-hydrogen) atoms. The predicted molar refractivity (Wildman–Crippen MR) is 75.0 cm³/mol. The monoisotopic (exact) mass is 259 g/mol. The molecule has 5 nitrogen and oxygen atoms in total. The van der Waals surface area contributed by atoms with Crippen molar-refractivity contribution in [2.75, 3.05) is 38.1 Å². The Morgan fingerprint density at radius 1 is 1.21 bits per heavy atom. The van der Waals surface area contributed by atoms with Crippen molar-refractivity contribution in [3.63, 3.8) is 0 Å². The fourth-order valence-electron chi connectivity index (χ4n) is 2.61. The first kappa shape index (κ1) is 12.0. The van der Waals surface area contributed by atoms with Crippen LogP contribution in [-0.2, 0) is 0 Å². The molecule has 100 valence electrons. The summed E-state index contributed by atoms with van der Waals surface area (Å²) in [4.78, 5) is 19.2. The number of benzene rings is 1. The molecule has 0 saturated carbocycles. The van der Waals surface area contributed by atoms with E-state index in [2.05, 4.69) is 21.8 Å². The molecule has 1 aromatic heterocycles. The molecule has 2 heterocycles. The van der Waals surface area contributed by atoms with Crippen LogP contribution in [0.3, 0.4) is 0 Å². The number of hydrogen-bond donors (Lipinski definition) is 2. The standard InChI is InChI=1S/C14H17N3O2/c1-16-6-8-17(9-7-16)13-12(14(18)19)10-4-2-3-5-11(10)15-13/h2-5,15H,6-9H2,1H3,(H,18,19). The number of piperazine rings is 1. The number of para-hydroxylation sites is 1. The molecule has 1 aliphatic heterocycles. The number of fused-ring (bicyclic) bond motifs is 1. The maximum Gasteiger partial charge on any atom is 0.340 e. The van der Waals surface area contributed by atoms with Crippen molar-refractivity contribution in [1.82, 2.24) is 9.88 Å². The molecule has 0 atom stereocenters. The van der Waals surface area contributed by atoms with Crippen LogP contribution in [0.1, 0.15) is 10.4 Å². The van der Waals surface area contributed by atoms with Gasteiger partial charge in [0.2, 0.25) is 0 Å². The Labute approximate surface area is 111 Å². The minimum Gasteiger partial charge on any atom is -0.478 e. The molecule has 0 amide bonds. The topological polar surface area (TPSA) is 59.6 Å². The summed E-state index contributed by atoms with van der Waals surface area (Å²) in [5.41, 5.74) is 1.27. The average Bonchev–Trinajstić information content (AvgIpc) is 2.78. The summed E-state index contributed by atoms with van der Waals surface area (Å²) >= 11 is 0. The van der Waals surface area contributed by atoms with Gasteiger partial charge in [-0.15, -0.1) is 0 Å². The van der Waals surface area contributed by atoms with E-state index in [1.165, 1.54) is 0 Å². The molecule has 5 heteroatoms. The van der Waals surface area contributed by atoms with Crippen molar-refractivity contribution in [1.29, 1.82) is 0 Å². The quantitative estimate of drug-likeness (QED) is 0.860. The highest BCUT2D eigenvalue weighted by molar-refractivity contribution is 6.08. The smallest absolute Gasteiger partial charge is 0.340 e. The number of hydrogen-bond acceptors (Lipinski definition) is 3. The van der Waals surface area contributed by atoms with Gasteiger partial charge in [-0.3, -0.25) is 0 Å². The number of carbonyl (C=O) groups is 1. The number of anilines is 1. The molecular formula is C14H17N3O2. The second-order valence-corrected chi connectivity index (χ2v) is 4.99.